The van der Waals surface area contributed by atoms with Gasteiger partial charge in [-0.25, -0.2) is 4.79 Å². The van der Waals surface area contributed by atoms with Gasteiger partial charge in [-0.2, -0.15) is 0 Å². The van der Waals surface area contributed by atoms with Crippen LogP contribution in [0, 0.1) is 19.8 Å². The number of urea groups is 1. The predicted octanol–water partition coefficient (Wildman–Crippen LogP) is 7.09. The fourth-order valence-corrected chi connectivity index (χ4v) is 4.42. The molecule has 3 heteroatoms. The number of hydrogen-bond donors (Lipinski definition) is 1. The van der Waals surface area contributed by atoms with Gasteiger partial charge in [0.25, 0.3) is 0 Å². The van der Waals surface area contributed by atoms with Crippen molar-refractivity contribution in [3.63, 3.8) is 0 Å². The van der Waals surface area contributed by atoms with Crippen LogP contribution in [0.3, 0.4) is 0 Å². The molecular weight excluding hydrogens is 356 g/mol. The van der Waals surface area contributed by atoms with E-state index in [4.69, 9.17) is 0 Å². The Labute approximate surface area is 176 Å². The van der Waals surface area contributed by atoms with Crippen molar-refractivity contribution in [2.45, 2.75) is 71.8 Å². The number of nitrogens with one attached hydrogen (secondary N) is 1. The lowest BCUT2D eigenvalue weighted by Gasteiger charge is -2.25. The number of carbonyl (C=O) groups excluding carboxylic acids is 1. The Morgan fingerprint density at radius 1 is 1.00 bits per heavy atom. The number of nitrogens with zero attached hydrogens (tertiary/aromatic N) is 1. The molecule has 1 saturated carbocycles. The third-order valence-electron chi connectivity index (χ3n) is 6.14. The van der Waals surface area contributed by atoms with Crippen LogP contribution < -0.4 is 5.32 Å². The molecule has 0 atom stereocenters. The minimum Gasteiger partial charge on any atom is -0.320 e. The number of aryl methyl sites for hydroxylation is 2. The van der Waals surface area contributed by atoms with Crippen LogP contribution in [-0.2, 0) is 6.54 Å². The second-order valence-electron chi connectivity index (χ2n) is 8.66. The first-order valence-corrected chi connectivity index (χ1v) is 11.3. The summed E-state index contributed by atoms with van der Waals surface area (Å²) in [6.45, 7) is 5.58. The van der Waals surface area contributed by atoms with Crippen LogP contribution in [0.5, 0.6) is 0 Å². The second-order valence-corrected chi connectivity index (χ2v) is 8.66. The van der Waals surface area contributed by atoms with Crippen LogP contribution in [-0.4, -0.2) is 17.5 Å². The van der Waals surface area contributed by atoms with Crippen LogP contribution in [0.2, 0.25) is 0 Å². The zero-order valence-corrected chi connectivity index (χ0v) is 18.1. The van der Waals surface area contributed by atoms with Gasteiger partial charge < -0.3 is 10.2 Å². The number of unbranched alkanes of at least 4 members (excludes halogenated alkanes) is 1. The molecule has 0 aliphatic heterocycles. The summed E-state index contributed by atoms with van der Waals surface area (Å²) in [4.78, 5) is 15.0. The molecule has 1 aliphatic rings. The van der Waals surface area contributed by atoms with Crippen LogP contribution in [0.25, 0.3) is 0 Å². The average molecular weight is 393 g/mol. The Morgan fingerprint density at radius 3 is 2.48 bits per heavy atom. The summed E-state index contributed by atoms with van der Waals surface area (Å²) in [6.07, 6.45) is 10.6. The molecule has 0 saturated heterocycles. The summed E-state index contributed by atoms with van der Waals surface area (Å²) in [7, 11) is 0. The topological polar surface area (TPSA) is 32.3 Å². The van der Waals surface area contributed by atoms with Crippen molar-refractivity contribution in [2.24, 2.45) is 5.92 Å². The minimum atomic E-state index is -0.00141. The van der Waals surface area contributed by atoms with Gasteiger partial charge in [0.05, 0.1) is 0 Å². The lowest BCUT2D eigenvalue weighted by atomic mass is 9.86. The summed E-state index contributed by atoms with van der Waals surface area (Å²) in [5.74, 6) is 0.912. The number of anilines is 1. The Morgan fingerprint density at radius 2 is 1.76 bits per heavy atom. The van der Waals surface area contributed by atoms with Gasteiger partial charge in [-0.1, -0.05) is 93.0 Å². The van der Waals surface area contributed by atoms with Gasteiger partial charge in [0.1, 0.15) is 0 Å². The highest BCUT2D eigenvalue weighted by Crippen LogP contribution is 2.27. The van der Waals surface area contributed by atoms with Crippen LogP contribution >= 0.6 is 0 Å². The number of carbonyl (C=O) groups is 1. The molecule has 2 aromatic rings. The van der Waals surface area contributed by atoms with E-state index < -0.39 is 0 Å². The van der Waals surface area contributed by atoms with Crippen molar-refractivity contribution in [1.82, 2.24) is 4.90 Å². The molecule has 1 fully saturated rings. The third kappa shape index (κ3) is 6.92. The zero-order valence-electron chi connectivity index (χ0n) is 18.1. The van der Waals surface area contributed by atoms with E-state index in [0.29, 0.717) is 6.54 Å². The maximum Gasteiger partial charge on any atom is 0.322 e. The number of rotatable bonds is 8. The van der Waals surface area contributed by atoms with Crippen LogP contribution in [0.15, 0.2) is 48.5 Å². The van der Waals surface area contributed by atoms with Gasteiger partial charge in [0.2, 0.25) is 0 Å². The molecule has 0 bridgehead atoms. The lowest BCUT2D eigenvalue weighted by molar-refractivity contribution is 0.206. The first kappa shape index (κ1) is 21.4. The highest BCUT2D eigenvalue weighted by atomic mass is 16.2. The van der Waals surface area contributed by atoms with Gasteiger partial charge in [0, 0.05) is 18.8 Å². The molecule has 0 spiro atoms. The molecule has 156 valence electrons. The molecule has 1 N–H and O–H groups in total. The average Bonchev–Trinajstić information content (AvgIpc) is 2.74. The fourth-order valence-electron chi connectivity index (χ4n) is 4.42. The monoisotopic (exact) mass is 392 g/mol. The minimum absolute atomic E-state index is 0.00141. The smallest absolute Gasteiger partial charge is 0.320 e. The van der Waals surface area contributed by atoms with E-state index in [1.165, 1.54) is 56.1 Å². The lowest BCUT2D eigenvalue weighted by Crippen LogP contribution is -2.35. The summed E-state index contributed by atoms with van der Waals surface area (Å²) >= 11 is 0. The molecule has 29 heavy (non-hydrogen) atoms. The molecular formula is C26H36N2O. The molecule has 0 heterocycles. The molecule has 0 unspecified atom stereocenters. The van der Waals surface area contributed by atoms with Gasteiger partial charge in [-0.15, -0.1) is 0 Å². The van der Waals surface area contributed by atoms with Crippen molar-refractivity contribution in [2.75, 3.05) is 11.9 Å². The molecule has 2 amide bonds. The third-order valence-corrected chi connectivity index (χ3v) is 6.14. The summed E-state index contributed by atoms with van der Waals surface area (Å²) in [6, 6.07) is 16.5. The van der Waals surface area contributed by atoms with Crippen molar-refractivity contribution in [1.29, 1.82) is 0 Å². The van der Waals surface area contributed by atoms with E-state index in [0.717, 1.165) is 30.1 Å². The van der Waals surface area contributed by atoms with Crippen LogP contribution in [0.1, 0.15) is 68.1 Å². The number of hydrogen-bond acceptors (Lipinski definition) is 1. The number of benzene rings is 2. The molecule has 3 rings (SSSR count). The molecule has 2 aromatic carbocycles. The summed E-state index contributed by atoms with van der Waals surface area (Å²) in [5, 5.41) is 3.14. The van der Waals surface area contributed by atoms with E-state index in [-0.39, 0.29) is 6.03 Å². The predicted molar refractivity (Wildman–Crippen MR) is 122 cm³/mol. The van der Waals surface area contributed by atoms with Crippen molar-refractivity contribution in [3.8, 4) is 0 Å². The molecule has 1 aliphatic carbocycles. The standard InChI is InChI=1S/C26H36N2O/c1-21-16-17-25(22(2)19-21)27-26(29)28(20-24-14-7-4-8-15-24)18-10-9-13-23-11-5-3-6-12-23/h4,7-8,14-17,19,23H,3,5-6,9-13,18,20H2,1-2H3,(H,27,29). The Bertz CT molecular complexity index is 766. The highest BCUT2D eigenvalue weighted by Gasteiger charge is 2.16. The second kappa shape index (κ2) is 11.0. The summed E-state index contributed by atoms with van der Waals surface area (Å²) < 4.78 is 0. The Hall–Kier alpha value is -2.29. The Balaban J connectivity index is 1.58. The van der Waals surface area contributed by atoms with Gasteiger partial charge >= 0.3 is 6.03 Å². The largest absolute Gasteiger partial charge is 0.322 e. The van der Waals surface area contributed by atoms with Gasteiger partial charge in [-0.3, -0.25) is 0 Å². The van der Waals surface area contributed by atoms with Crippen molar-refractivity contribution >= 4 is 11.7 Å². The SMILES string of the molecule is Cc1ccc(NC(=O)N(CCCCC2CCCCC2)Cc2ccccc2)c(C)c1. The normalized spacial score (nSPS) is 14.6. The molecule has 0 radical (unpaired) electrons. The fraction of sp³-hybridized carbons (Fsp3) is 0.500. The molecule has 0 aromatic heterocycles. The maximum atomic E-state index is 13.1. The van der Waals surface area contributed by atoms with E-state index in [2.05, 4.69) is 30.4 Å². The van der Waals surface area contributed by atoms with E-state index in [1.807, 2.05) is 42.2 Å². The zero-order chi connectivity index (χ0) is 20.5. The van der Waals surface area contributed by atoms with Crippen LogP contribution in [0.4, 0.5) is 10.5 Å². The first-order valence-electron chi connectivity index (χ1n) is 11.3. The first-order chi connectivity index (χ1) is 14.1. The number of amides is 2. The summed E-state index contributed by atoms with van der Waals surface area (Å²) in [5.41, 5.74) is 4.40. The van der Waals surface area contributed by atoms with Crippen molar-refractivity contribution in [3.05, 3.63) is 65.2 Å². The quantitative estimate of drug-likeness (QED) is 0.478. The van der Waals surface area contributed by atoms with Gasteiger partial charge in [-0.05, 0) is 43.4 Å². The van der Waals surface area contributed by atoms with E-state index in [1.54, 1.807) is 0 Å². The van der Waals surface area contributed by atoms with Crippen molar-refractivity contribution < 1.29 is 4.79 Å². The molecule has 3 nitrogen and oxygen atoms in total. The maximum absolute atomic E-state index is 13.1. The van der Waals surface area contributed by atoms with Gasteiger partial charge in [0.15, 0.2) is 0 Å². The van der Waals surface area contributed by atoms with E-state index >= 15 is 0 Å². The van der Waals surface area contributed by atoms with E-state index in [9.17, 15) is 4.79 Å². The Kier molecular flexibility index (Phi) is 8.15. The highest BCUT2D eigenvalue weighted by molar-refractivity contribution is 5.90.